The molecule has 0 spiro atoms. The number of fused-ring (bicyclic) bond motifs is 1. The van der Waals surface area contributed by atoms with Gasteiger partial charge in [0.1, 0.15) is 0 Å². The fraction of sp³-hybridized carbons (Fsp3) is 0.500. The molecule has 0 unspecified atom stereocenters. The molecule has 4 rings (SSSR count). The van der Waals surface area contributed by atoms with Gasteiger partial charge in [-0.1, -0.05) is 34.5 Å². The Morgan fingerprint density at radius 1 is 1.15 bits per heavy atom. The summed E-state index contributed by atoms with van der Waals surface area (Å²) in [6, 6.07) is 5.54. The van der Waals surface area contributed by atoms with E-state index < -0.39 is 0 Å². The van der Waals surface area contributed by atoms with Crippen LogP contribution in [0.2, 0.25) is 10.0 Å². The number of piperazine rings is 1. The Labute approximate surface area is 162 Å². The van der Waals surface area contributed by atoms with Crippen LogP contribution in [0.3, 0.4) is 0 Å². The maximum absolute atomic E-state index is 13.0. The lowest BCUT2D eigenvalue weighted by molar-refractivity contribution is -0.136. The van der Waals surface area contributed by atoms with Crippen LogP contribution < -0.4 is 4.90 Å². The van der Waals surface area contributed by atoms with E-state index >= 15 is 0 Å². The summed E-state index contributed by atoms with van der Waals surface area (Å²) in [4.78, 5) is 17.1. The van der Waals surface area contributed by atoms with Crippen LogP contribution in [-0.2, 0) is 24.7 Å². The van der Waals surface area contributed by atoms with Crippen LogP contribution in [0.1, 0.15) is 17.8 Å². The molecule has 0 saturated carbocycles. The molecule has 26 heavy (non-hydrogen) atoms. The number of hydrogen-bond acceptors (Lipinski definition) is 4. The zero-order chi connectivity index (χ0) is 18.3. The van der Waals surface area contributed by atoms with Crippen molar-refractivity contribution in [2.75, 3.05) is 31.1 Å². The van der Waals surface area contributed by atoms with Crippen molar-refractivity contribution < 1.29 is 4.79 Å². The molecule has 1 atom stereocenters. The topological polar surface area (TPSA) is 54.3 Å². The minimum absolute atomic E-state index is 0.0233. The highest BCUT2D eigenvalue weighted by Gasteiger charge is 2.32. The standard InChI is InChI=1S/C18H21Cl2N5O/c1-23-16-11-12(5-6-15(16)21-22-23)18(26)25-9-7-24(8-10-25)17-13(19)3-2-4-14(17)20/h2-4,12H,5-11H2,1H3/t12-/m1/s1. The van der Waals surface area contributed by atoms with Crippen molar-refractivity contribution in [2.24, 2.45) is 13.0 Å². The summed E-state index contributed by atoms with van der Waals surface area (Å²) in [6.45, 7) is 2.85. The third-order valence-corrected chi connectivity index (χ3v) is 6.00. The van der Waals surface area contributed by atoms with Crippen molar-refractivity contribution in [3.05, 3.63) is 39.6 Å². The van der Waals surface area contributed by atoms with Crippen LogP contribution in [0.15, 0.2) is 18.2 Å². The van der Waals surface area contributed by atoms with Gasteiger partial charge < -0.3 is 9.80 Å². The Balaban J connectivity index is 1.41. The molecule has 1 saturated heterocycles. The van der Waals surface area contributed by atoms with Crippen molar-refractivity contribution in [2.45, 2.75) is 19.3 Å². The molecular weight excluding hydrogens is 373 g/mol. The van der Waals surface area contributed by atoms with Crippen LogP contribution in [0, 0.1) is 5.92 Å². The first-order chi connectivity index (χ1) is 12.5. The molecule has 2 aromatic rings. The molecule has 1 fully saturated rings. The van der Waals surface area contributed by atoms with Gasteiger partial charge in [0.05, 0.1) is 27.1 Å². The number of anilines is 1. The Morgan fingerprint density at radius 3 is 2.54 bits per heavy atom. The number of aryl methyl sites for hydroxylation is 2. The summed E-state index contributed by atoms with van der Waals surface area (Å²) in [6.07, 6.45) is 2.41. The van der Waals surface area contributed by atoms with E-state index in [1.165, 1.54) is 0 Å². The Bertz CT molecular complexity index is 809. The maximum atomic E-state index is 13.0. The highest BCUT2D eigenvalue weighted by Crippen LogP contribution is 2.34. The van der Waals surface area contributed by atoms with E-state index in [-0.39, 0.29) is 11.8 Å². The van der Waals surface area contributed by atoms with E-state index in [0.29, 0.717) is 23.1 Å². The molecule has 6 nitrogen and oxygen atoms in total. The van der Waals surface area contributed by atoms with Crippen molar-refractivity contribution in [3.63, 3.8) is 0 Å². The van der Waals surface area contributed by atoms with Crippen LogP contribution in [0.5, 0.6) is 0 Å². The van der Waals surface area contributed by atoms with E-state index in [9.17, 15) is 4.79 Å². The fourth-order valence-corrected chi connectivity index (χ4v) is 4.56. The van der Waals surface area contributed by atoms with Crippen LogP contribution >= 0.6 is 23.2 Å². The molecule has 8 heteroatoms. The van der Waals surface area contributed by atoms with Crippen LogP contribution in [0.4, 0.5) is 5.69 Å². The van der Waals surface area contributed by atoms with E-state index in [2.05, 4.69) is 15.2 Å². The normalized spacial score (nSPS) is 20.2. The average molecular weight is 394 g/mol. The summed E-state index contributed by atoms with van der Waals surface area (Å²) in [5, 5.41) is 9.56. The van der Waals surface area contributed by atoms with Crippen LogP contribution in [0.25, 0.3) is 0 Å². The van der Waals surface area contributed by atoms with Gasteiger partial charge in [-0.25, -0.2) is 0 Å². The second-order valence-corrected chi connectivity index (χ2v) is 7.74. The Hall–Kier alpha value is -1.79. The van der Waals surface area contributed by atoms with Crippen molar-refractivity contribution in [3.8, 4) is 0 Å². The molecule has 2 aliphatic rings. The number of para-hydroxylation sites is 1. The first-order valence-electron chi connectivity index (χ1n) is 8.89. The predicted molar refractivity (Wildman–Crippen MR) is 102 cm³/mol. The molecule has 1 amide bonds. The van der Waals surface area contributed by atoms with E-state index in [4.69, 9.17) is 23.2 Å². The quantitative estimate of drug-likeness (QED) is 0.786. The molecule has 1 aromatic heterocycles. The third kappa shape index (κ3) is 3.16. The number of aromatic nitrogens is 3. The number of hydrogen-bond donors (Lipinski definition) is 0. The number of benzene rings is 1. The molecule has 0 N–H and O–H groups in total. The highest BCUT2D eigenvalue weighted by molar-refractivity contribution is 6.39. The zero-order valence-corrected chi connectivity index (χ0v) is 16.2. The molecule has 138 valence electrons. The zero-order valence-electron chi connectivity index (χ0n) is 14.7. The lowest BCUT2D eigenvalue weighted by atomic mass is 9.88. The number of nitrogens with zero attached hydrogens (tertiary/aromatic N) is 5. The first-order valence-corrected chi connectivity index (χ1v) is 9.65. The molecule has 2 heterocycles. The van der Waals surface area contributed by atoms with Gasteiger partial charge in [0.2, 0.25) is 5.91 Å². The lowest BCUT2D eigenvalue weighted by Crippen LogP contribution is -2.51. The second-order valence-electron chi connectivity index (χ2n) is 6.93. The molecule has 1 aromatic carbocycles. The summed E-state index contributed by atoms with van der Waals surface area (Å²) in [5.41, 5.74) is 3.00. The first kappa shape index (κ1) is 17.6. The summed E-state index contributed by atoms with van der Waals surface area (Å²) < 4.78 is 1.80. The molecule has 1 aliphatic heterocycles. The summed E-state index contributed by atoms with van der Waals surface area (Å²) >= 11 is 12.6. The van der Waals surface area contributed by atoms with Gasteiger partial charge in [-0.3, -0.25) is 9.48 Å². The number of amides is 1. The largest absolute Gasteiger partial charge is 0.366 e. The second kappa shape index (κ2) is 7.08. The van der Waals surface area contributed by atoms with Gasteiger partial charge in [0, 0.05) is 45.6 Å². The SMILES string of the molecule is Cn1nnc2c1C[C@H](C(=O)N1CCN(c3c(Cl)cccc3Cl)CC1)CC2. The number of carbonyl (C=O) groups excluding carboxylic acids is 1. The molecule has 0 radical (unpaired) electrons. The monoisotopic (exact) mass is 393 g/mol. The van der Waals surface area contributed by atoms with Crippen molar-refractivity contribution >= 4 is 34.8 Å². The summed E-state index contributed by atoms with van der Waals surface area (Å²) in [7, 11) is 1.89. The van der Waals surface area contributed by atoms with Gasteiger partial charge in [-0.05, 0) is 25.0 Å². The minimum Gasteiger partial charge on any atom is -0.366 e. The average Bonchev–Trinajstić information content (AvgIpc) is 3.02. The van der Waals surface area contributed by atoms with E-state index in [1.54, 1.807) is 4.68 Å². The number of carbonyl (C=O) groups is 1. The molecule has 0 bridgehead atoms. The Kier molecular flexibility index (Phi) is 4.80. The summed E-state index contributed by atoms with van der Waals surface area (Å²) in [5.74, 6) is 0.261. The third-order valence-electron chi connectivity index (χ3n) is 5.39. The maximum Gasteiger partial charge on any atom is 0.226 e. The van der Waals surface area contributed by atoms with Gasteiger partial charge in [0.15, 0.2) is 0 Å². The molecular formula is C18H21Cl2N5O. The minimum atomic E-state index is 0.0233. The fourth-order valence-electron chi connectivity index (χ4n) is 3.92. The van der Waals surface area contributed by atoms with E-state index in [0.717, 1.165) is 49.4 Å². The predicted octanol–water partition coefficient (Wildman–Crippen LogP) is 2.58. The van der Waals surface area contributed by atoms with Gasteiger partial charge in [-0.15, -0.1) is 5.10 Å². The van der Waals surface area contributed by atoms with Crippen LogP contribution in [-0.4, -0.2) is 52.0 Å². The highest BCUT2D eigenvalue weighted by atomic mass is 35.5. The number of halogens is 2. The Morgan fingerprint density at radius 2 is 1.85 bits per heavy atom. The number of rotatable bonds is 2. The lowest BCUT2D eigenvalue weighted by Gasteiger charge is -2.38. The van der Waals surface area contributed by atoms with Crippen molar-refractivity contribution in [1.29, 1.82) is 0 Å². The van der Waals surface area contributed by atoms with Gasteiger partial charge >= 0.3 is 0 Å². The molecule has 1 aliphatic carbocycles. The van der Waals surface area contributed by atoms with Gasteiger partial charge in [-0.2, -0.15) is 0 Å². The van der Waals surface area contributed by atoms with Crippen molar-refractivity contribution in [1.82, 2.24) is 19.9 Å². The smallest absolute Gasteiger partial charge is 0.226 e. The van der Waals surface area contributed by atoms with E-state index in [1.807, 2.05) is 30.1 Å². The van der Waals surface area contributed by atoms with Gasteiger partial charge in [0.25, 0.3) is 0 Å².